The first-order valence-electron chi connectivity index (χ1n) is 9.11. The average Bonchev–Trinajstić information content (AvgIpc) is 3.22. The van der Waals surface area contributed by atoms with Crippen molar-refractivity contribution in [3.63, 3.8) is 0 Å². The van der Waals surface area contributed by atoms with E-state index >= 15 is 0 Å². The number of nitrogens with one attached hydrogen (secondary N) is 1. The quantitative estimate of drug-likeness (QED) is 0.750. The summed E-state index contributed by atoms with van der Waals surface area (Å²) in [6.45, 7) is 7.04. The van der Waals surface area contributed by atoms with Crippen LogP contribution in [0.15, 0.2) is 36.5 Å². The van der Waals surface area contributed by atoms with E-state index in [1.807, 2.05) is 31.3 Å². The lowest BCUT2D eigenvalue weighted by atomic mass is 9.74. The summed E-state index contributed by atoms with van der Waals surface area (Å²) >= 11 is 1.14. The van der Waals surface area contributed by atoms with Gasteiger partial charge in [0.25, 0.3) is 5.91 Å². The molecule has 0 radical (unpaired) electrons. The topological polar surface area (TPSA) is 72.7 Å². The van der Waals surface area contributed by atoms with Gasteiger partial charge in [-0.1, -0.05) is 48.7 Å². The number of hydrogen-bond donors (Lipinski definition) is 1. The van der Waals surface area contributed by atoms with E-state index in [1.54, 1.807) is 0 Å². The van der Waals surface area contributed by atoms with Gasteiger partial charge in [0.15, 0.2) is 0 Å². The number of carbonyl (C=O) groups is 1. The molecule has 1 amide bonds. The Kier molecular flexibility index (Phi) is 4.55. The number of fused-ring (bicyclic) bond motifs is 1. The van der Waals surface area contributed by atoms with Crippen molar-refractivity contribution in [1.82, 2.24) is 24.7 Å². The van der Waals surface area contributed by atoms with Gasteiger partial charge < -0.3 is 5.32 Å². The van der Waals surface area contributed by atoms with Gasteiger partial charge in [-0.2, -0.15) is 5.10 Å². The Morgan fingerprint density at radius 1 is 1.33 bits per heavy atom. The van der Waals surface area contributed by atoms with Crippen molar-refractivity contribution in [3.05, 3.63) is 63.9 Å². The molecule has 0 unspecified atom stereocenters. The SMILES string of the molecule is Cc1nnsc1C(=O)N[C@@H]1CC(C)(C)Cc2c1cnn2Cc1ccccc1. The Morgan fingerprint density at radius 3 is 2.81 bits per heavy atom. The number of aromatic nitrogens is 4. The van der Waals surface area contributed by atoms with Crippen LogP contribution in [0.2, 0.25) is 0 Å². The summed E-state index contributed by atoms with van der Waals surface area (Å²) in [5.41, 5.74) is 4.31. The standard InChI is InChI=1S/C20H23N5OS/c1-13-18(27-24-23-13)19(26)22-16-9-20(2,3)10-17-15(16)11-21-25(17)12-14-7-5-4-6-8-14/h4-8,11,16H,9-10,12H2,1-3H3,(H,22,26)/t16-/m1/s1. The Bertz CT molecular complexity index is 960. The second-order valence-electron chi connectivity index (χ2n) is 7.95. The molecule has 4 rings (SSSR count). The fourth-order valence-corrected chi connectivity index (χ4v) is 4.34. The third-order valence-electron chi connectivity index (χ3n) is 5.10. The van der Waals surface area contributed by atoms with Crippen molar-refractivity contribution < 1.29 is 4.79 Å². The fraction of sp³-hybridized carbons (Fsp3) is 0.400. The number of amides is 1. The van der Waals surface area contributed by atoms with Crippen LogP contribution in [0.3, 0.4) is 0 Å². The minimum atomic E-state index is -0.105. The molecule has 1 aromatic carbocycles. The van der Waals surface area contributed by atoms with Gasteiger partial charge >= 0.3 is 0 Å². The van der Waals surface area contributed by atoms with Crippen molar-refractivity contribution in [2.24, 2.45) is 5.41 Å². The molecule has 0 spiro atoms. The van der Waals surface area contributed by atoms with Crippen molar-refractivity contribution in [3.8, 4) is 0 Å². The van der Waals surface area contributed by atoms with E-state index in [0.29, 0.717) is 10.6 Å². The predicted molar refractivity (Wildman–Crippen MR) is 105 cm³/mol. The van der Waals surface area contributed by atoms with Gasteiger partial charge in [-0.15, -0.1) is 5.10 Å². The van der Waals surface area contributed by atoms with E-state index in [0.717, 1.165) is 36.5 Å². The maximum absolute atomic E-state index is 12.7. The molecule has 0 saturated carbocycles. The lowest BCUT2D eigenvalue weighted by Gasteiger charge is -2.36. The molecule has 2 aromatic heterocycles. The molecule has 0 fully saturated rings. The lowest BCUT2D eigenvalue weighted by Crippen LogP contribution is -2.36. The third kappa shape index (κ3) is 3.64. The second-order valence-corrected chi connectivity index (χ2v) is 8.70. The molecule has 1 aliphatic carbocycles. The molecule has 2 heterocycles. The zero-order valence-corrected chi connectivity index (χ0v) is 16.6. The predicted octanol–water partition coefficient (Wildman–Crippen LogP) is 3.53. The van der Waals surface area contributed by atoms with Crippen LogP contribution < -0.4 is 5.32 Å². The Morgan fingerprint density at radius 2 is 2.11 bits per heavy atom. The number of rotatable bonds is 4. The summed E-state index contributed by atoms with van der Waals surface area (Å²) < 4.78 is 5.95. The molecule has 27 heavy (non-hydrogen) atoms. The van der Waals surface area contributed by atoms with E-state index in [4.69, 9.17) is 0 Å². The van der Waals surface area contributed by atoms with Crippen molar-refractivity contribution in [2.75, 3.05) is 0 Å². The second kappa shape index (κ2) is 6.88. The number of carbonyl (C=O) groups excluding carboxylic acids is 1. The fourth-order valence-electron chi connectivity index (χ4n) is 3.78. The summed E-state index contributed by atoms with van der Waals surface area (Å²) in [5, 5.41) is 11.8. The Hall–Kier alpha value is -2.54. The molecule has 1 aliphatic rings. The monoisotopic (exact) mass is 381 g/mol. The molecule has 0 aliphatic heterocycles. The van der Waals surface area contributed by atoms with Crippen LogP contribution in [0.1, 0.15) is 58.5 Å². The molecular formula is C20H23N5OS. The van der Waals surface area contributed by atoms with Crippen LogP contribution in [0.5, 0.6) is 0 Å². The molecule has 6 nitrogen and oxygen atoms in total. The number of nitrogens with zero attached hydrogens (tertiary/aromatic N) is 4. The molecular weight excluding hydrogens is 358 g/mol. The number of aryl methyl sites for hydroxylation is 1. The van der Waals surface area contributed by atoms with E-state index in [2.05, 4.69) is 50.7 Å². The maximum Gasteiger partial charge on any atom is 0.265 e. The zero-order valence-electron chi connectivity index (χ0n) is 15.8. The molecule has 7 heteroatoms. The zero-order chi connectivity index (χ0) is 19.0. The van der Waals surface area contributed by atoms with Gasteiger partial charge in [-0.05, 0) is 42.3 Å². The van der Waals surface area contributed by atoms with Gasteiger partial charge in [-0.25, -0.2) is 0 Å². The summed E-state index contributed by atoms with van der Waals surface area (Å²) in [4.78, 5) is 13.3. The van der Waals surface area contributed by atoms with Gasteiger partial charge in [-0.3, -0.25) is 9.48 Å². The normalized spacial score (nSPS) is 18.1. The minimum absolute atomic E-state index is 0.0535. The highest BCUT2D eigenvalue weighted by Gasteiger charge is 2.36. The molecule has 140 valence electrons. The van der Waals surface area contributed by atoms with Crippen LogP contribution in [0.25, 0.3) is 0 Å². The van der Waals surface area contributed by atoms with Crippen LogP contribution in [-0.4, -0.2) is 25.3 Å². The minimum Gasteiger partial charge on any atom is -0.344 e. The van der Waals surface area contributed by atoms with Crippen LogP contribution >= 0.6 is 11.5 Å². The highest BCUT2D eigenvalue weighted by atomic mass is 32.1. The largest absolute Gasteiger partial charge is 0.344 e. The highest BCUT2D eigenvalue weighted by Crippen LogP contribution is 2.41. The van der Waals surface area contributed by atoms with Crippen LogP contribution in [0.4, 0.5) is 0 Å². The summed E-state index contributed by atoms with van der Waals surface area (Å²) in [5.74, 6) is -0.105. The number of hydrogen-bond acceptors (Lipinski definition) is 5. The van der Waals surface area contributed by atoms with E-state index in [-0.39, 0.29) is 17.4 Å². The van der Waals surface area contributed by atoms with E-state index in [1.165, 1.54) is 11.3 Å². The van der Waals surface area contributed by atoms with E-state index < -0.39 is 0 Å². The average molecular weight is 382 g/mol. The van der Waals surface area contributed by atoms with Gasteiger partial charge in [0, 0.05) is 11.3 Å². The molecule has 0 saturated heterocycles. The Labute approximate surface area is 162 Å². The highest BCUT2D eigenvalue weighted by molar-refractivity contribution is 7.08. The Balaban J connectivity index is 1.62. The van der Waals surface area contributed by atoms with Gasteiger partial charge in [0.2, 0.25) is 0 Å². The summed E-state index contributed by atoms with van der Waals surface area (Å²) in [7, 11) is 0. The van der Waals surface area contributed by atoms with Gasteiger partial charge in [0.05, 0.1) is 24.5 Å². The molecule has 3 aromatic rings. The van der Waals surface area contributed by atoms with Crippen LogP contribution in [-0.2, 0) is 13.0 Å². The van der Waals surface area contributed by atoms with Crippen molar-refractivity contribution in [2.45, 2.75) is 46.2 Å². The lowest BCUT2D eigenvalue weighted by molar-refractivity contribution is 0.0922. The first kappa shape index (κ1) is 17.9. The first-order valence-corrected chi connectivity index (χ1v) is 9.89. The molecule has 1 atom stereocenters. The van der Waals surface area contributed by atoms with Gasteiger partial charge in [0.1, 0.15) is 4.88 Å². The van der Waals surface area contributed by atoms with Crippen LogP contribution in [0, 0.1) is 12.3 Å². The van der Waals surface area contributed by atoms with Crippen molar-refractivity contribution in [1.29, 1.82) is 0 Å². The van der Waals surface area contributed by atoms with Crippen molar-refractivity contribution >= 4 is 17.4 Å². The smallest absolute Gasteiger partial charge is 0.265 e. The third-order valence-corrected chi connectivity index (χ3v) is 5.92. The number of benzene rings is 1. The maximum atomic E-state index is 12.7. The molecule has 0 bridgehead atoms. The van der Waals surface area contributed by atoms with E-state index in [9.17, 15) is 4.79 Å². The summed E-state index contributed by atoms with van der Waals surface area (Å²) in [6, 6.07) is 10.3. The molecule has 1 N–H and O–H groups in total. The summed E-state index contributed by atoms with van der Waals surface area (Å²) in [6.07, 6.45) is 3.74. The first-order chi connectivity index (χ1) is 12.9.